The first-order chi connectivity index (χ1) is 12.1. The third-order valence-electron chi connectivity index (χ3n) is 4.86. The molecule has 1 aromatic carbocycles. The molecule has 0 amide bonds. The molecule has 0 radical (unpaired) electrons. The molecule has 3 heterocycles. The van der Waals surface area contributed by atoms with Crippen LogP contribution in [0.5, 0.6) is 0 Å². The quantitative estimate of drug-likeness (QED) is 0.795. The number of ether oxygens (including phenoxy) is 1. The molecule has 4 rings (SSSR count). The second-order valence-corrected chi connectivity index (χ2v) is 6.99. The van der Waals surface area contributed by atoms with Crippen molar-refractivity contribution in [1.82, 2.24) is 0 Å². The molecular weight excluding hydrogens is 314 g/mol. The summed E-state index contributed by atoms with van der Waals surface area (Å²) in [5.41, 5.74) is 9.26. The van der Waals surface area contributed by atoms with Crippen molar-refractivity contribution in [2.75, 3.05) is 23.8 Å². The van der Waals surface area contributed by atoms with Gasteiger partial charge in [0.2, 0.25) is 0 Å². The number of aryl methyl sites for hydroxylation is 1. The molecule has 1 atom stereocenters. The van der Waals surface area contributed by atoms with Gasteiger partial charge in [-0.05, 0) is 50.1 Å². The summed E-state index contributed by atoms with van der Waals surface area (Å²) < 4.78 is 11.1. The molecule has 2 aromatic rings. The zero-order chi connectivity index (χ0) is 17.3. The molecule has 132 valence electrons. The number of nitrogens with one attached hydrogen (secondary N) is 2. The molecule has 25 heavy (non-hydrogen) atoms. The number of fused-ring (bicyclic) bond motifs is 1. The molecule has 1 fully saturated rings. The molecule has 4 N–H and O–H groups in total. The number of nitrogens with two attached hydrogens (primary N) is 1. The molecule has 1 unspecified atom stereocenters. The molecule has 1 aromatic heterocycles. The van der Waals surface area contributed by atoms with Crippen LogP contribution in [0, 0.1) is 6.92 Å². The summed E-state index contributed by atoms with van der Waals surface area (Å²) in [6.07, 6.45) is 6.83. The van der Waals surface area contributed by atoms with Crippen molar-refractivity contribution < 1.29 is 9.15 Å². The van der Waals surface area contributed by atoms with Crippen LogP contribution in [0.4, 0.5) is 11.4 Å². The lowest BCUT2D eigenvalue weighted by Gasteiger charge is -2.33. The smallest absolute Gasteiger partial charge is 0.112 e. The van der Waals surface area contributed by atoms with Crippen LogP contribution in [0.1, 0.15) is 29.9 Å². The van der Waals surface area contributed by atoms with Crippen molar-refractivity contribution in [2.24, 2.45) is 5.73 Å². The second kappa shape index (κ2) is 6.58. The highest BCUT2D eigenvalue weighted by atomic mass is 16.5. The maximum absolute atomic E-state index is 6.55. The molecule has 2 aliphatic rings. The lowest BCUT2D eigenvalue weighted by Crippen LogP contribution is -2.49. The summed E-state index contributed by atoms with van der Waals surface area (Å²) in [4.78, 5) is 0. The Kier molecular flexibility index (Phi) is 4.27. The maximum atomic E-state index is 6.55. The van der Waals surface area contributed by atoms with Crippen molar-refractivity contribution in [3.8, 4) is 0 Å². The van der Waals surface area contributed by atoms with Crippen molar-refractivity contribution in [3.05, 3.63) is 53.5 Å². The predicted octanol–water partition coefficient (Wildman–Crippen LogP) is 3.52. The van der Waals surface area contributed by atoms with Crippen molar-refractivity contribution in [1.29, 1.82) is 0 Å². The molecule has 1 saturated heterocycles. The number of anilines is 2. The third kappa shape index (κ3) is 3.57. The van der Waals surface area contributed by atoms with Crippen LogP contribution in [0.2, 0.25) is 0 Å². The van der Waals surface area contributed by atoms with Gasteiger partial charge in [-0.25, -0.2) is 0 Å². The van der Waals surface area contributed by atoms with Gasteiger partial charge >= 0.3 is 0 Å². The molecule has 0 bridgehead atoms. The summed E-state index contributed by atoms with van der Waals surface area (Å²) in [5.74, 6) is 1.79. The Morgan fingerprint density at radius 3 is 2.84 bits per heavy atom. The van der Waals surface area contributed by atoms with E-state index in [1.807, 2.05) is 25.1 Å². The van der Waals surface area contributed by atoms with Crippen LogP contribution in [-0.4, -0.2) is 24.9 Å². The van der Waals surface area contributed by atoms with E-state index in [0.29, 0.717) is 12.5 Å². The fraction of sp³-hybridized carbons (Fsp3) is 0.400. The van der Waals surface area contributed by atoms with Gasteiger partial charge in [0.25, 0.3) is 0 Å². The average molecular weight is 339 g/mol. The van der Waals surface area contributed by atoms with Crippen molar-refractivity contribution in [3.63, 3.8) is 0 Å². The Morgan fingerprint density at radius 2 is 2.08 bits per heavy atom. The Labute approximate surface area is 148 Å². The Morgan fingerprint density at radius 1 is 1.24 bits per heavy atom. The predicted molar refractivity (Wildman–Crippen MR) is 101 cm³/mol. The van der Waals surface area contributed by atoms with E-state index in [1.165, 1.54) is 0 Å². The molecule has 5 heteroatoms. The summed E-state index contributed by atoms with van der Waals surface area (Å²) >= 11 is 0. The first kappa shape index (κ1) is 16.2. The minimum atomic E-state index is -0.644. The summed E-state index contributed by atoms with van der Waals surface area (Å²) in [6, 6.07) is 10.7. The lowest BCUT2D eigenvalue weighted by atomic mass is 9.96. The largest absolute Gasteiger partial charge is 0.466 e. The number of hydrogen-bond donors (Lipinski definition) is 3. The van der Waals surface area contributed by atoms with Gasteiger partial charge in [0.05, 0.1) is 0 Å². The van der Waals surface area contributed by atoms with Crippen LogP contribution in [0.25, 0.3) is 6.08 Å². The van der Waals surface area contributed by atoms with Gasteiger partial charge in [-0.3, -0.25) is 0 Å². The molecule has 0 saturated carbocycles. The highest BCUT2D eigenvalue weighted by Gasteiger charge is 2.28. The maximum Gasteiger partial charge on any atom is 0.112 e. The first-order valence-corrected chi connectivity index (χ1v) is 8.90. The Balaban J connectivity index is 1.53. The molecule has 2 aliphatic heterocycles. The fourth-order valence-corrected chi connectivity index (χ4v) is 3.54. The second-order valence-electron chi connectivity index (χ2n) is 6.99. The first-order valence-electron chi connectivity index (χ1n) is 8.90. The monoisotopic (exact) mass is 339 g/mol. The molecule has 5 nitrogen and oxygen atoms in total. The zero-order valence-electron chi connectivity index (χ0n) is 14.5. The molecule has 0 spiro atoms. The van der Waals surface area contributed by atoms with E-state index < -0.39 is 5.66 Å². The Bertz CT molecular complexity index is 777. The lowest BCUT2D eigenvalue weighted by molar-refractivity contribution is 0.0904. The average Bonchev–Trinajstić information content (AvgIpc) is 3.00. The van der Waals surface area contributed by atoms with Crippen LogP contribution in [0.3, 0.4) is 0 Å². The normalized spacial score (nSPS) is 23.1. The zero-order valence-corrected chi connectivity index (χ0v) is 14.5. The van der Waals surface area contributed by atoms with Crippen molar-refractivity contribution >= 4 is 17.5 Å². The third-order valence-corrected chi connectivity index (χ3v) is 4.86. The van der Waals surface area contributed by atoms with Gasteiger partial charge in [0.1, 0.15) is 17.2 Å². The van der Waals surface area contributed by atoms with Crippen LogP contribution < -0.4 is 16.4 Å². The van der Waals surface area contributed by atoms with Crippen LogP contribution in [-0.2, 0) is 11.2 Å². The van der Waals surface area contributed by atoms with Gasteiger partial charge in [-0.1, -0.05) is 12.1 Å². The van der Waals surface area contributed by atoms with Crippen LogP contribution >= 0.6 is 0 Å². The summed E-state index contributed by atoms with van der Waals surface area (Å²) in [7, 11) is 0. The van der Waals surface area contributed by atoms with E-state index in [1.54, 1.807) is 0 Å². The molecular formula is C20H25N3O2. The summed E-state index contributed by atoms with van der Waals surface area (Å²) in [6.45, 7) is 3.60. The van der Waals surface area contributed by atoms with E-state index in [0.717, 1.165) is 54.5 Å². The van der Waals surface area contributed by atoms with Gasteiger partial charge in [0, 0.05) is 42.6 Å². The topological polar surface area (TPSA) is 72.5 Å². The van der Waals surface area contributed by atoms with Gasteiger partial charge in [-0.2, -0.15) is 0 Å². The highest BCUT2D eigenvalue weighted by Crippen LogP contribution is 2.34. The van der Waals surface area contributed by atoms with Crippen LogP contribution in [0.15, 0.2) is 40.8 Å². The van der Waals surface area contributed by atoms with E-state index in [-0.39, 0.29) is 0 Å². The SMILES string of the molecule is Cc1ccc(CC2(N)C=Cc3c(NC4CCOCC4)cccc3N2)o1. The number of benzene rings is 1. The number of rotatable bonds is 4. The number of furan rings is 1. The van der Waals surface area contributed by atoms with E-state index in [9.17, 15) is 0 Å². The Hall–Kier alpha value is -2.24. The van der Waals surface area contributed by atoms with E-state index in [2.05, 4.69) is 34.9 Å². The van der Waals surface area contributed by atoms with Gasteiger partial charge < -0.3 is 25.5 Å². The number of hydrogen-bond acceptors (Lipinski definition) is 5. The van der Waals surface area contributed by atoms with E-state index >= 15 is 0 Å². The van der Waals surface area contributed by atoms with Gasteiger partial charge in [0.15, 0.2) is 0 Å². The fourth-order valence-electron chi connectivity index (χ4n) is 3.54. The highest BCUT2D eigenvalue weighted by molar-refractivity contribution is 5.81. The van der Waals surface area contributed by atoms with Gasteiger partial charge in [-0.15, -0.1) is 0 Å². The minimum absolute atomic E-state index is 0.462. The standard InChI is InChI=1S/C20H25N3O2/c1-14-5-6-16(25-14)13-20(21)10-7-17-18(3-2-4-19(17)23-20)22-15-8-11-24-12-9-15/h2-7,10,15,22-23H,8-9,11-13,21H2,1H3. The minimum Gasteiger partial charge on any atom is -0.466 e. The molecule has 0 aliphatic carbocycles. The summed E-state index contributed by atoms with van der Waals surface area (Å²) in [5, 5.41) is 7.13. The van der Waals surface area contributed by atoms with E-state index in [4.69, 9.17) is 14.9 Å². The van der Waals surface area contributed by atoms with Crippen molar-refractivity contribution in [2.45, 2.75) is 37.9 Å².